The van der Waals surface area contributed by atoms with Crippen molar-refractivity contribution in [1.29, 1.82) is 0 Å². The molecule has 2 heterocycles. The maximum absolute atomic E-state index is 12.6. The Kier molecular flexibility index (Phi) is 7.73. The third-order valence-corrected chi connectivity index (χ3v) is 6.67. The van der Waals surface area contributed by atoms with E-state index in [2.05, 4.69) is 5.32 Å². The number of nitrogens with zero attached hydrogens (tertiary/aromatic N) is 3. The van der Waals surface area contributed by atoms with E-state index < -0.39 is 5.54 Å². The lowest BCUT2D eigenvalue weighted by Gasteiger charge is -2.32. The normalized spacial score (nSPS) is 22.2. The van der Waals surface area contributed by atoms with E-state index >= 15 is 0 Å². The minimum Gasteiger partial charge on any atom is -0.466 e. The summed E-state index contributed by atoms with van der Waals surface area (Å²) in [4.78, 5) is 66.1. The fourth-order valence-electron chi connectivity index (χ4n) is 4.82. The molecule has 1 spiro atoms. The van der Waals surface area contributed by atoms with Crippen LogP contribution >= 0.6 is 0 Å². The van der Waals surface area contributed by atoms with E-state index in [1.807, 2.05) is 0 Å². The van der Waals surface area contributed by atoms with E-state index in [9.17, 15) is 24.0 Å². The topological polar surface area (TPSA) is 116 Å². The van der Waals surface area contributed by atoms with Crippen molar-refractivity contribution in [2.24, 2.45) is 5.92 Å². The van der Waals surface area contributed by atoms with Gasteiger partial charge in [-0.1, -0.05) is 12.8 Å². The second-order valence-corrected chi connectivity index (χ2v) is 8.96. The Morgan fingerprint density at radius 2 is 1.91 bits per heavy atom. The maximum atomic E-state index is 12.6. The van der Waals surface area contributed by atoms with Gasteiger partial charge in [0.25, 0.3) is 5.91 Å². The van der Waals surface area contributed by atoms with Crippen molar-refractivity contribution in [3.05, 3.63) is 0 Å². The van der Waals surface area contributed by atoms with Crippen LogP contribution < -0.4 is 5.32 Å². The van der Waals surface area contributed by atoms with Crippen LogP contribution in [0.1, 0.15) is 58.3 Å². The molecule has 0 aromatic rings. The van der Waals surface area contributed by atoms with Crippen molar-refractivity contribution < 1.29 is 28.7 Å². The second-order valence-electron chi connectivity index (χ2n) is 8.96. The minimum absolute atomic E-state index is 0.0688. The Bertz CT molecular complexity index is 764. The molecule has 1 atom stereocenters. The van der Waals surface area contributed by atoms with Gasteiger partial charge in [0.05, 0.1) is 19.1 Å². The summed E-state index contributed by atoms with van der Waals surface area (Å²) in [5.74, 6) is -1.21. The van der Waals surface area contributed by atoms with Crippen LogP contribution in [0.5, 0.6) is 0 Å². The van der Waals surface area contributed by atoms with E-state index in [0.717, 1.165) is 19.3 Å². The molecule has 3 fully saturated rings. The zero-order chi connectivity index (χ0) is 23.3. The molecule has 10 nitrogen and oxygen atoms in total. The van der Waals surface area contributed by atoms with Gasteiger partial charge in [0.15, 0.2) is 0 Å². The van der Waals surface area contributed by atoms with Crippen LogP contribution in [0.4, 0.5) is 4.79 Å². The lowest BCUT2D eigenvalue weighted by atomic mass is 9.98. The number of urea groups is 1. The molecule has 178 valence electrons. The monoisotopic (exact) mass is 450 g/mol. The Balaban J connectivity index is 1.42. The number of hydrogen-bond donors (Lipinski definition) is 1. The highest BCUT2D eigenvalue weighted by atomic mass is 16.5. The predicted molar refractivity (Wildman–Crippen MR) is 114 cm³/mol. The summed E-state index contributed by atoms with van der Waals surface area (Å²) < 4.78 is 5.06. The number of likely N-dealkylation sites (N-methyl/N-ethyl adjacent to an activating group) is 1. The fraction of sp³-hybridized carbons (Fsp3) is 0.773. The Labute approximate surface area is 188 Å². The summed E-state index contributed by atoms with van der Waals surface area (Å²) in [6.07, 6.45) is 5.10. The van der Waals surface area contributed by atoms with Gasteiger partial charge in [-0.2, -0.15) is 0 Å². The average molecular weight is 451 g/mol. The standard InChI is InChI=1S/C22H34N4O6/c1-3-32-19(29)16-8-6-12-25(14-16)18(28)15-24(2)17(27)9-7-13-26-20(30)22(23-21(26)31)10-4-5-11-22/h16H,3-15H2,1-2H3,(H,23,31). The first kappa shape index (κ1) is 24.0. The fourth-order valence-corrected chi connectivity index (χ4v) is 4.82. The number of esters is 1. The molecule has 0 aromatic heterocycles. The lowest BCUT2D eigenvalue weighted by Crippen LogP contribution is -2.47. The number of amides is 5. The Morgan fingerprint density at radius 3 is 2.59 bits per heavy atom. The third kappa shape index (κ3) is 5.21. The van der Waals surface area contributed by atoms with Crippen molar-refractivity contribution >= 4 is 29.7 Å². The number of nitrogens with one attached hydrogen (secondary N) is 1. The highest BCUT2D eigenvalue weighted by Gasteiger charge is 2.52. The summed E-state index contributed by atoms with van der Waals surface area (Å²) in [6.45, 7) is 3.06. The summed E-state index contributed by atoms with van der Waals surface area (Å²) >= 11 is 0. The number of carbonyl (C=O) groups is 5. The van der Waals surface area contributed by atoms with Crippen molar-refractivity contribution in [3.8, 4) is 0 Å². The number of hydrogen-bond acceptors (Lipinski definition) is 6. The van der Waals surface area contributed by atoms with Gasteiger partial charge in [-0.3, -0.25) is 24.1 Å². The molecule has 3 aliphatic rings. The van der Waals surface area contributed by atoms with Crippen molar-refractivity contribution in [1.82, 2.24) is 20.0 Å². The minimum atomic E-state index is -0.736. The van der Waals surface area contributed by atoms with Crippen LogP contribution in [0.2, 0.25) is 0 Å². The molecule has 1 aliphatic carbocycles. The highest BCUT2D eigenvalue weighted by molar-refractivity contribution is 6.07. The zero-order valence-corrected chi connectivity index (χ0v) is 19.1. The molecule has 2 aliphatic heterocycles. The summed E-state index contributed by atoms with van der Waals surface area (Å²) in [5, 5.41) is 2.83. The molecule has 1 N–H and O–H groups in total. The molecule has 0 aromatic carbocycles. The summed E-state index contributed by atoms with van der Waals surface area (Å²) in [5.41, 5.74) is -0.736. The van der Waals surface area contributed by atoms with Gasteiger partial charge >= 0.3 is 12.0 Å². The van der Waals surface area contributed by atoms with Gasteiger partial charge in [-0.15, -0.1) is 0 Å². The quantitative estimate of drug-likeness (QED) is 0.434. The Morgan fingerprint density at radius 1 is 1.19 bits per heavy atom. The van der Waals surface area contributed by atoms with Gasteiger partial charge in [0.2, 0.25) is 11.8 Å². The second kappa shape index (κ2) is 10.3. The van der Waals surface area contributed by atoms with E-state index in [4.69, 9.17) is 4.74 Å². The summed E-state index contributed by atoms with van der Waals surface area (Å²) in [7, 11) is 1.56. The molecule has 0 bridgehead atoms. The Hall–Kier alpha value is -2.65. The van der Waals surface area contributed by atoms with Gasteiger partial charge in [0, 0.05) is 33.1 Å². The molecule has 5 amide bonds. The highest BCUT2D eigenvalue weighted by Crippen LogP contribution is 2.35. The van der Waals surface area contributed by atoms with E-state index in [-0.39, 0.29) is 55.2 Å². The molecule has 3 rings (SSSR count). The van der Waals surface area contributed by atoms with E-state index in [0.29, 0.717) is 45.4 Å². The van der Waals surface area contributed by atoms with Crippen molar-refractivity contribution in [3.63, 3.8) is 0 Å². The molecule has 32 heavy (non-hydrogen) atoms. The first-order valence-electron chi connectivity index (χ1n) is 11.6. The van der Waals surface area contributed by atoms with Crippen LogP contribution in [0.3, 0.4) is 0 Å². The van der Waals surface area contributed by atoms with E-state index in [1.54, 1.807) is 18.9 Å². The van der Waals surface area contributed by atoms with Gasteiger partial charge in [-0.25, -0.2) is 4.79 Å². The molecule has 10 heteroatoms. The SMILES string of the molecule is CCOC(=O)C1CCCN(C(=O)CN(C)C(=O)CCCN2C(=O)NC3(CCCC3)C2=O)C1. The molecule has 1 unspecified atom stereocenters. The first-order chi connectivity index (χ1) is 15.3. The largest absolute Gasteiger partial charge is 0.466 e. The molecule has 0 radical (unpaired) electrons. The lowest BCUT2D eigenvalue weighted by molar-refractivity contribution is -0.152. The van der Waals surface area contributed by atoms with Crippen LogP contribution in [-0.2, 0) is 23.9 Å². The number of ether oxygens (including phenoxy) is 1. The maximum Gasteiger partial charge on any atom is 0.325 e. The number of likely N-dealkylation sites (tertiary alicyclic amines) is 1. The van der Waals surface area contributed by atoms with Crippen molar-refractivity contribution in [2.45, 2.75) is 63.8 Å². The number of rotatable bonds is 8. The first-order valence-corrected chi connectivity index (χ1v) is 11.6. The summed E-state index contributed by atoms with van der Waals surface area (Å²) in [6, 6.07) is -0.380. The van der Waals surface area contributed by atoms with E-state index in [1.165, 1.54) is 9.80 Å². The van der Waals surface area contributed by atoms with Crippen LogP contribution in [0.25, 0.3) is 0 Å². The number of carbonyl (C=O) groups excluding carboxylic acids is 5. The smallest absolute Gasteiger partial charge is 0.325 e. The van der Waals surface area contributed by atoms with Crippen LogP contribution in [0, 0.1) is 5.92 Å². The molecule has 2 saturated heterocycles. The van der Waals surface area contributed by atoms with Gasteiger partial charge in [0.1, 0.15) is 5.54 Å². The van der Waals surface area contributed by atoms with Crippen LogP contribution in [-0.4, -0.2) is 89.8 Å². The van der Waals surface area contributed by atoms with Crippen LogP contribution in [0.15, 0.2) is 0 Å². The third-order valence-electron chi connectivity index (χ3n) is 6.67. The number of piperidine rings is 1. The molecular weight excluding hydrogens is 416 g/mol. The molecular formula is C22H34N4O6. The van der Waals surface area contributed by atoms with Crippen molar-refractivity contribution in [2.75, 3.05) is 39.8 Å². The number of imide groups is 1. The molecule has 1 saturated carbocycles. The van der Waals surface area contributed by atoms with Gasteiger partial charge < -0.3 is 19.9 Å². The van der Waals surface area contributed by atoms with Gasteiger partial charge in [-0.05, 0) is 39.0 Å². The predicted octanol–water partition coefficient (Wildman–Crippen LogP) is 0.891. The average Bonchev–Trinajstić information content (AvgIpc) is 3.33. The zero-order valence-electron chi connectivity index (χ0n) is 19.1.